The van der Waals surface area contributed by atoms with Crippen molar-refractivity contribution >= 4 is 17.0 Å². The maximum absolute atomic E-state index is 12.4. The number of aryl methyl sites for hydroxylation is 1. The molecular weight excluding hydrogens is 305 g/mol. The Morgan fingerprint density at radius 3 is 2.70 bits per heavy atom. The van der Waals surface area contributed by atoms with Gasteiger partial charge in [-0.1, -0.05) is 12.1 Å². The van der Waals surface area contributed by atoms with Crippen LogP contribution >= 0.6 is 0 Å². The summed E-state index contributed by atoms with van der Waals surface area (Å²) >= 11 is 0. The van der Waals surface area contributed by atoms with Gasteiger partial charge in [-0.25, -0.2) is 4.98 Å². The van der Waals surface area contributed by atoms with Crippen LogP contribution in [0.25, 0.3) is 11.0 Å². The lowest BCUT2D eigenvalue weighted by atomic mass is 10.1. The van der Waals surface area contributed by atoms with Crippen LogP contribution in [0.2, 0.25) is 0 Å². The summed E-state index contributed by atoms with van der Waals surface area (Å²) in [4.78, 5) is 4.57. The van der Waals surface area contributed by atoms with E-state index in [1.807, 2.05) is 28.8 Å². The largest absolute Gasteiger partial charge is 0.389 e. The summed E-state index contributed by atoms with van der Waals surface area (Å²) < 4.78 is 39.2. The second-order valence-electron chi connectivity index (χ2n) is 5.96. The van der Waals surface area contributed by atoms with E-state index in [2.05, 4.69) is 15.6 Å². The van der Waals surface area contributed by atoms with E-state index in [1.165, 1.54) is 0 Å². The highest BCUT2D eigenvalue weighted by Gasteiger charge is 2.26. The van der Waals surface area contributed by atoms with E-state index >= 15 is 0 Å². The van der Waals surface area contributed by atoms with E-state index in [0.717, 1.165) is 37.0 Å². The number of nitrogens with one attached hydrogen (secondary N) is 2. The van der Waals surface area contributed by atoms with Crippen molar-refractivity contribution < 1.29 is 13.2 Å². The third-order valence-electron chi connectivity index (χ3n) is 4.17. The number of imidazole rings is 1. The summed E-state index contributed by atoms with van der Waals surface area (Å²) in [6, 6.07) is 7.89. The molecule has 0 spiro atoms. The number of hydrogen-bond acceptors (Lipinski definition) is 3. The highest BCUT2D eigenvalue weighted by molar-refractivity contribution is 5.78. The summed E-state index contributed by atoms with van der Waals surface area (Å²) in [5.41, 5.74) is 1.70. The lowest BCUT2D eigenvalue weighted by molar-refractivity contribution is -0.135. The number of alkyl halides is 3. The number of aromatic nitrogens is 2. The number of halogens is 3. The fourth-order valence-electron chi connectivity index (χ4n) is 3.00. The van der Waals surface area contributed by atoms with Crippen molar-refractivity contribution in [2.24, 2.45) is 0 Å². The SMILES string of the molecule is FC(F)(F)CCCn1c(NC2CCNCC2)nc2ccccc21. The van der Waals surface area contributed by atoms with Gasteiger partial charge in [0, 0.05) is 19.0 Å². The molecular formula is C16H21F3N4. The highest BCUT2D eigenvalue weighted by Crippen LogP contribution is 2.25. The Balaban J connectivity index is 1.79. The molecule has 7 heteroatoms. The van der Waals surface area contributed by atoms with Crippen molar-refractivity contribution in [3.63, 3.8) is 0 Å². The standard InChI is InChI=1S/C16H21F3N4/c17-16(18,19)8-3-11-23-14-5-2-1-4-13(14)22-15(23)21-12-6-9-20-10-7-12/h1-2,4-5,12,20H,3,6-11H2,(H,21,22). The lowest BCUT2D eigenvalue weighted by Gasteiger charge is -2.24. The molecule has 0 radical (unpaired) electrons. The van der Waals surface area contributed by atoms with E-state index in [0.29, 0.717) is 18.5 Å². The molecule has 1 aliphatic heterocycles. The third-order valence-corrected chi connectivity index (χ3v) is 4.17. The molecule has 1 aromatic heterocycles. The number of nitrogens with zero attached hydrogens (tertiary/aromatic N) is 2. The van der Waals surface area contributed by atoms with Crippen molar-refractivity contribution in [3.8, 4) is 0 Å². The van der Waals surface area contributed by atoms with E-state index in [-0.39, 0.29) is 6.42 Å². The Kier molecular flexibility index (Phi) is 4.75. The minimum Gasteiger partial charge on any atom is -0.353 e. The van der Waals surface area contributed by atoms with Crippen LogP contribution in [0, 0.1) is 0 Å². The molecule has 2 aromatic rings. The minimum atomic E-state index is -4.11. The van der Waals surface area contributed by atoms with E-state index in [1.54, 1.807) is 0 Å². The van der Waals surface area contributed by atoms with Crippen molar-refractivity contribution in [2.75, 3.05) is 18.4 Å². The van der Waals surface area contributed by atoms with Crippen LogP contribution in [0.3, 0.4) is 0 Å². The van der Waals surface area contributed by atoms with Gasteiger partial charge in [0.1, 0.15) is 0 Å². The van der Waals surface area contributed by atoms with Gasteiger partial charge >= 0.3 is 6.18 Å². The molecule has 2 N–H and O–H groups in total. The summed E-state index contributed by atoms with van der Waals surface area (Å²) in [5.74, 6) is 0.681. The van der Waals surface area contributed by atoms with Crippen LogP contribution < -0.4 is 10.6 Å². The number of hydrogen-bond donors (Lipinski definition) is 2. The number of piperidine rings is 1. The van der Waals surface area contributed by atoms with E-state index in [9.17, 15) is 13.2 Å². The maximum Gasteiger partial charge on any atom is 0.389 e. The zero-order valence-corrected chi connectivity index (χ0v) is 12.9. The number of anilines is 1. The van der Waals surface area contributed by atoms with E-state index < -0.39 is 12.6 Å². The quantitative estimate of drug-likeness (QED) is 0.883. The molecule has 126 valence electrons. The molecule has 1 aliphatic rings. The second-order valence-corrected chi connectivity index (χ2v) is 5.96. The molecule has 2 heterocycles. The van der Waals surface area contributed by atoms with Crippen LogP contribution in [0.4, 0.5) is 19.1 Å². The molecule has 4 nitrogen and oxygen atoms in total. The first-order valence-electron chi connectivity index (χ1n) is 8.02. The van der Waals surface area contributed by atoms with Crippen LogP contribution in [-0.4, -0.2) is 34.9 Å². The van der Waals surface area contributed by atoms with Gasteiger partial charge in [0.25, 0.3) is 0 Å². The fraction of sp³-hybridized carbons (Fsp3) is 0.562. The predicted octanol–water partition coefficient (Wildman–Crippen LogP) is 3.54. The second kappa shape index (κ2) is 6.78. The average molecular weight is 326 g/mol. The molecule has 0 bridgehead atoms. The molecule has 1 saturated heterocycles. The zero-order valence-electron chi connectivity index (χ0n) is 12.9. The summed E-state index contributed by atoms with van der Waals surface area (Å²) in [5, 5.41) is 6.72. The Hall–Kier alpha value is -1.76. The molecule has 0 unspecified atom stereocenters. The first-order valence-corrected chi connectivity index (χ1v) is 8.02. The first kappa shape index (κ1) is 16.1. The Morgan fingerprint density at radius 2 is 1.96 bits per heavy atom. The smallest absolute Gasteiger partial charge is 0.353 e. The van der Waals surface area contributed by atoms with Gasteiger partial charge in [-0.15, -0.1) is 0 Å². The molecule has 1 fully saturated rings. The molecule has 0 saturated carbocycles. The fourth-order valence-corrected chi connectivity index (χ4v) is 3.00. The number of rotatable bonds is 5. The van der Waals surface area contributed by atoms with Gasteiger partial charge in [-0.05, 0) is 44.5 Å². The average Bonchev–Trinajstić information content (AvgIpc) is 2.85. The van der Waals surface area contributed by atoms with Gasteiger partial charge < -0.3 is 15.2 Å². The first-order chi connectivity index (χ1) is 11.0. The Morgan fingerprint density at radius 1 is 1.22 bits per heavy atom. The molecule has 23 heavy (non-hydrogen) atoms. The van der Waals surface area contributed by atoms with Crippen LogP contribution in [0.15, 0.2) is 24.3 Å². The van der Waals surface area contributed by atoms with Crippen molar-refractivity contribution in [3.05, 3.63) is 24.3 Å². The number of fused-ring (bicyclic) bond motifs is 1. The summed E-state index contributed by atoms with van der Waals surface area (Å²) in [6.07, 6.45) is -2.84. The van der Waals surface area contributed by atoms with Crippen LogP contribution in [-0.2, 0) is 6.54 Å². The van der Waals surface area contributed by atoms with Crippen LogP contribution in [0.5, 0.6) is 0 Å². The topological polar surface area (TPSA) is 41.9 Å². The van der Waals surface area contributed by atoms with Crippen molar-refractivity contribution in [1.29, 1.82) is 0 Å². The third kappa shape index (κ3) is 4.16. The monoisotopic (exact) mass is 326 g/mol. The van der Waals surface area contributed by atoms with Gasteiger partial charge in [0.2, 0.25) is 5.95 Å². The minimum absolute atomic E-state index is 0.0603. The summed E-state index contributed by atoms with van der Waals surface area (Å²) in [7, 11) is 0. The molecule has 1 aromatic carbocycles. The van der Waals surface area contributed by atoms with Gasteiger partial charge in [-0.2, -0.15) is 13.2 Å². The Bertz CT molecular complexity index is 644. The van der Waals surface area contributed by atoms with Crippen LogP contribution in [0.1, 0.15) is 25.7 Å². The van der Waals surface area contributed by atoms with Gasteiger partial charge in [-0.3, -0.25) is 0 Å². The molecule has 3 rings (SSSR count). The molecule has 0 amide bonds. The van der Waals surface area contributed by atoms with E-state index in [4.69, 9.17) is 0 Å². The van der Waals surface area contributed by atoms with Crippen molar-refractivity contribution in [1.82, 2.24) is 14.9 Å². The van der Waals surface area contributed by atoms with Crippen molar-refractivity contribution in [2.45, 2.75) is 44.4 Å². The number of para-hydroxylation sites is 2. The zero-order chi connectivity index (χ0) is 16.3. The normalized spacial score (nSPS) is 16.8. The van der Waals surface area contributed by atoms with Gasteiger partial charge in [0.15, 0.2) is 0 Å². The van der Waals surface area contributed by atoms with Gasteiger partial charge in [0.05, 0.1) is 11.0 Å². The Labute approximate surface area is 133 Å². The molecule has 0 aliphatic carbocycles. The lowest BCUT2D eigenvalue weighted by Crippen LogP contribution is -2.36. The highest BCUT2D eigenvalue weighted by atomic mass is 19.4. The predicted molar refractivity (Wildman–Crippen MR) is 84.5 cm³/mol. The molecule has 0 atom stereocenters. The maximum atomic E-state index is 12.4. The summed E-state index contributed by atoms with van der Waals surface area (Å²) in [6.45, 7) is 2.21. The number of benzene rings is 1.